The molecule has 0 radical (unpaired) electrons. The number of aryl methyl sites for hydroxylation is 3. The Bertz CT molecular complexity index is 1230. The minimum atomic E-state index is -0.330. The maximum Gasteiger partial charge on any atom is 0.296 e. The highest BCUT2D eigenvalue weighted by Crippen LogP contribution is 2.32. The molecule has 1 amide bonds. The van der Waals surface area contributed by atoms with Crippen LogP contribution in [-0.4, -0.2) is 63.6 Å². The van der Waals surface area contributed by atoms with Gasteiger partial charge in [0.1, 0.15) is 5.76 Å². The third-order valence-corrected chi connectivity index (χ3v) is 6.04. The zero-order valence-electron chi connectivity index (χ0n) is 18.2. The van der Waals surface area contributed by atoms with E-state index in [1.54, 1.807) is 6.92 Å². The number of aromatic nitrogens is 3. The van der Waals surface area contributed by atoms with Gasteiger partial charge >= 0.3 is 0 Å². The van der Waals surface area contributed by atoms with Crippen molar-refractivity contribution in [3.63, 3.8) is 0 Å². The Labute approximate surface area is 184 Å². The molecule has 4 heterocycles. The van der Waals surface area contributed by atoms with Crippen molar-refractivity contribution in [1.29, 1.82) is 0 Å². The van der Waals surface area contributed by atoms with E-state index in [1.165, 1.54) is 4.68 Å². The molecule has 10 nitrogen and oxygen atoms in total. The lowest BCUT2D eigenvalue weighted by molar-refractivity contribution is -0.133. The maximum absolute atomic E-state index is 12.7. The van der Waals surface area contributed by atoms with Crippen LogP contribution < -0.4 is 15.0 Å². The van der Waals surface area contributed by atoms with Crippen LogP contribution in [-0.2, 0) is 17.9 Å². The number of carbonyl (C=O) groups excluding carboxylic acids is 1. The molecular weight excluding hydrogens is 414 g/mol. The van der Waals surface area contributed by atoms with Crippen LogP contribution in [0.4, 0.5) is 0 Å². The molecule has 2 aromatic heterocycles. The van der Waals surface area contributed by atoms with Gasteiger partial charge in [0.2, 0.25) is 12.7 Å². The molecule has 32 heavy (non-hydrogen) atoms. The molecule has 1 fully saturated rings. The summed E-state index contributed by atoms with van der Waals surface area (Å²) in [5, 5.41) is 8.84. The fraction of sp³-hybridized carbons (Fsp3) is 0.455. The molecule has 0 unspecified atom stereocenters. The maximum atomic E-state index is 12.7. The molecule has 0 saturated carbocycles. The topological polar surface area (TPSA) is 103 Å². The van der Waals surface area contributed by atoms with Crippen molar-refractivity contribution in [1.82, 2.24) is 24.7 Å². The highest BCUT2D eigenvalue weighted by Gasteiger charge is 2.23. The van der Waals surface area contributed by atoms with Crippen LogP contribution in [0, 0.1) is 13.8 Å². The largest absolute Gasteiger partial charge is 0.454 e. The van der Waals surface area contributed by atoms with Crippen LogP contribution in [0.25, 0.3) is 10.9 Å². The molecule has 1 saturated heterocycles. The average Bonchev–Trinajstić information content (AvgIpc) is 3.42. The first-order valence-corrected chi connectivity index (χ1v) is 10.7. The second-order valence-electron chi connectivity index (χ2n) is 8.17. The average molecular weight is 439 g/mol. The number of piperazine rings is 1. The van der Waals surface area contributed by atoms with Crippen molar-refractivity contribution in [3.8, 4) is 11.5 Å². The van der Waals surface area contributed by atoms with E-state index in [9.17, 15) is 9.59 Å². The van der Waals surface area contributed by atoms with Gasteiger partial charge < -0.3 is 18.9 Å². The molecule has 10 heteroatoms. The van der Waals surface area contributed by atoms with Gasteiger partial charge in [-0.1, -0.05) is 11.2 Å². The molecule has 0 aliphatic carbocycles. The minimum absolute atomic E-state index is 0.0236. The molecule has 168 valence electrons. The van der Waals surface area contributed by atoms with Crippen molar-refractivity contribution in [3.05, 3.63) is 45.6 Å². The predicted molar refractivity (Wildman–Crippen MR) is 115 cm³/mol. The third-order valence-electron chi connectivity index (χ3n) is 6.04. The van der Waals surface area contributed by atoms with E-state index >= 15 is 0 Å². The van der Waals surface area contributed by atoms with Crippen LogP contribution in [0.2, 0.25) is 0 Å². The van der Waals surface area contributed by atoms with Crippen molar-refractivity contribution in [2.45, 2.75) is 33.4 Å². The Hall–Kier alpha value is -3.40. The Morgan fingerprint density at radius 1 is 1.09 bits per heavy atom. The van der Waals surface area contributed by atoms with Crippen LogP contribution in [0.1, 0.15) is 23.4 Å². The van der Waals surface area contributed by atoms with Gasteiger partial charge in [0.15, 0.2) is 17.0 Å². The second kappa shape index (κ2) is 8.27. The SMILES string of the molecule is Cc1nn(CCC(=O)N2CCN(Cc3ccc4c(c3)OCO4)CC2)c(=O)c2noc(C)c12. The Morgan fingerprint density at radius 2 is 1.88 bits per heavy atom. The second-order valence-corrected chi connectivity index (χ2v) is 8.17. The number of rotatable bonds is 5. The Balaban J connectivity index is 1.15. The number of nitrogens with zero attached hydrogens (tertiary/aromatic N) is 5. The Morgan fingerprint density at radius 3 is 2.69 bits per heavy atom. The summed E-state index contributed by atoms with van der Waals surface area (Å²) in [7, 11) is 0. The normalized spacial score (nSPS) is 16.1. The first kappa shape index (κ1) is 20.5. The van der Waals surface area contributed by atoms with Gasteiger partial charge in [0, 0.05) is 39.1 Å². The molecule has 2 aliphatic rings. The number of amides is 1. The van der Waals surface area contributed by atoms with E-state index in [4.69, 9.17) is 14.0 Å². The summed E-state index contributed by atoms with van der Waals surface area (Å²) in [6, 6.07) is 6.00. The summed E-state index contributed by atoms with van der Waals surface area (Å²) in [6.45, 7) is 7.76. The van der Waals surface area contributed by atoms with Gasteiger partial charge in [-0.3, -0.25) is 14.5 Å². The van der Waals surface area contributed by atoms with Crippen LogP contribution in [0.15, 0.2) is 27.5 Å². The van der Waals surface area contributed by atoms with E-state index in [2.05, 4.69) is 15.2 Å². The zero-order chi connectivity index (χ0) is 22.2. The Kier molecular flexibility index (Phi) is 5.30. The predicted octanol–water partition coefficient (Wildman–Crippen LogP) is 1.46. The monoisotopic (exact) mass is 439 g/mol. The summed E-state index contributed by atoms with van der Waals surface area (Å²) in [4.78, 5) is 29.5. The van der Waals surface area contributed by atoms with Crippen molar-refractivity contribution >= 4 is 16.8 Å². The van der Waals surface area contributed by atoms with E-state index in [0.29, 0.717) is 29.9 Å². The number of fused-ring (bicyclic) bond motifs is 2. The highest BCUT2D eigenvalue weighted by atomic mass is 16.7. The van der Waals surface area contributed by atoms with Gasteiger partial charge in [-0.15, -0.1) is 0 Å². The van der Waals surface area contributed by atoms with Gasteiger partial charge in [0.05, 0.1) is 17.6 Å². The molecule has 0 spiro atoms. The summed E-state index contributed by atoms with van der Waals surface area (Å²) in [5.74, 6) is 2.17. The summed E-state index contributed by atoms with van der Waals surface area (Å²) in [5.41, 5.74) is 1.76. The fourth-order valence-electron chi connectivity index (χ4n) is 4.31. The van der Waals surface area contributed by atoms with Crippen LogP contribution in [0.3, 0.4) is 0 Å². The summed E-state index contributed by atoms with van der Waals surface area (Å²) < 4.78 is 17.3. The summed E-state index contributed by atoms with van der Waals surface area (Å²) in [6.07, 6.45) is 0.219. The van der Waals surface area contributed by atoms with Crippen LogP contribution >= 0.6 is 0 Å². The standard InChI is InChI=1S/C22H25N5O5/c1-14-20-15(2)32-24-21(20)22(29)27(23-14)6-5-19(28)26-9-7-25(8-10-26)12-16-3-4-17-18(11-16)31-13-30-17/h3-4,11H,5-10,12-13H2,1-2H3. The van der Waals surface area contributed by atoms with Crippen molar-refractivity contribution in [2.24, 2.45) is 0 Å². The third kappa shape index (κ3) is 3.81. The molecule has 0 N–H and O–H groups in total. The van der Waals surface area contributed by atoms with E-state index in [-0.39, 0.29) is 36.7 Å². The van der Waals surface area contributed by atoms with E-state index in [1.807, 2.05) is 30.0 Å². The number of hydrogen-bond acceptors (Lipinski definition) is 8. The lowest BCUT2D eigenvalue weighted by Gasteiger charge is -2.34. The lowest BCUT2D eigenvalue weighted by atomic mass is 10.1. The molecule has 5 rings (SSSR count). The molecule has 1 aromatic carbocycles. The summed E-state index contributed by atoms with van der Waals surface area (Å²) >= 11 is 0. The molecular formula is C22H25N5O5. The van der Waals surface area contributed by atoms with Crippen LogP contribution in [0.5, 0.6) is 11.5 Å². The molecule has 0 bridgehead atoms. The fourth-order valence-corrected chi connectivity index (χ4v) is 4.31. The molecule has 3 aromatic rings. The van der Waals surface area contributed by atoms with Crippen molar-refractivity contribution in [2.75, 3.05) is 33.0 Å². The molecule has 2 aliphatic heterocycles. The quantitative estimate of drug-likeness (QED) is 0.589. The zero-order valence-corrected chi connectivity index (χ0v) is 18.2. The first-order chi connectivity index (χ1) is 15.5. The number of carbonyl (C=O) groups is 1. The van der Waals surface area contributed by atoms with Gasteiger partial charge in [-0.2, -0.15) is 5.10 Å². The van der Waals surface area contributed by atoms with Gasteiger partial charge in [-0.25, -0.2) is 4.68 Å². The van der Waals surface area contributed by atoms with E-state index < -0.39 is 0 Å². The van der Waals surface area contributed by atoms with Gasteiger partial charge in [-0.05, 0) is 31.5 Å². The minimum Gasteiger partial charge on any atom is -0.454 e. The van der Waals surface area contributed by atoms with E-state index in [0.717, 1.165) is 36.7 Å². The lowest BCUT2D eigenvalue weighted by Crippen LogP contribution is -2.48. The smallest absolute Gasteiger partial charge is 0.296 e. The highest BCUT2D eigenvalue weighted by molar-refractivity contribution is 5.81. The number of benzene rings is 1. The number of hydrogen-bond donors (Lipinski definition) is 0. The molecule has 0 atom stereocenters. The first-order valence-electron chi connectivity index (χ1n) is 10.7. The number of ether oxygens (including phenoxy) is 2. The van der Waals surface area contributed by atoms with Crippen molar-refractivity contribution < 1.29 is 18.8 Å². The van der Waals surface area contributed by atoms with Gasteiger partial charge in [0.25, 0.3) is 5.56 Å².